The lowest BCUT2D eigenvalue weighted by Gasteiger charge is -2.06. The molecule has 0 aliphatic heterocycles. The van der Waals surface area contributed by atoms with Crippen molar-refractivity contribution in [3.63, 3.8) is 0 Å². The summed E-state index contributed by atoms with van der Waals surface area (Å²) in [6, 6.07) is 30.0. The number of benzene rings is 4. The monoisotopic (exact) mass is 518 g/mol. The molecule has 0 saturated heterocycles. The first-order valence-corrected chi connectivity index (χ1v) is 11.3. The van der Waals surface area contributed by atoms with Crippen molar-refractivity contribution in [2.24, 2.45) is 0 Å². The van der Waals surface area contributed by atoms with E-state index in [1.54, 1.807) is 64.8 Å². The fourth-order valence-electron chi connectivity index (χ4n) is 3.28. The van der Waals surface area contributed by atoms with Crippen LogP contribution in [0, 0.1) is 0 Å². The van der Waals surface area contributed by atoms with Crippen LogP contribution in [-0.4, -0.2) is 34.4 Å². The van der Waals surface area contributed by atoms with Gasteiger partial charge in [0.1, 0.15) is 23.0 Å². The number of carbonyl (C=O) groups excluding carboxylic acids is 1. The van der Waals surface area contributed by atoms with Crippen molar-refractivity contribution in [3.8, 4) is 34.1 Å². The quantitative estimate of drug-likeness (QED) is 0.176. The summed E-state index contributed by atoms with van der Waals surface area (Å²) in [5.41, 5.74) is 3.85. The Morgan fingerprint density at radius 3 is 1.26 bits per heavy atom. The highest BCUT2D eigenvalue weighted by atomic mass is 16.5. The Bertz CT molecular complexity index is 1150. The van der Waals surface area contributed by atoms with E-state index in [1.165, 1.54) is 11.1 Å². The molecule has 0 bridgehead atoms. The van der Waals surface area contributed by atoms with Crippen molar-refractivity contribution in [2.45, 2.75) is 21.5 Å². The van der Waals surface area contributed by atoms with Crippen LogP contribution in [0.15, 0.2) is 97.1 Å². The minimum atomic E-state index is -0.390. The normalized spacial score (nSPS) is 9.47. The molecule has 0 aliphatic carbocycles. The topological polar surface area (TPSA) is 63.2 Å². The predicted molar refractivity (Wildman–Crippen MR) is 154 cm³/mol. The number of hydrogen-bond donors (Lipinski definition) is 0. The van der Waals surface area contributed by atoms with Crippen LogP contribution < -0.4 is 18.9 Å². The van der Waals surface area contributed by atoms with Gasteiger partial charge in [-0.1, -0.05) is 51.3 Å². The third kappa shape index (κ3) is 9.30. The van der Waals surface area contributed by atoms with Gasteiger partial charge in [0.05, 0.1) is 33.5 Å². The lowest BCUT2D eigenvalue weighted by molar-refractivity contribution is 0.0734. The zero-order valence-electron chi connectivity index (χ0n) is 20.9. The van der Waals surface area contributed by atoms with E-state index in [9.17, 15) is 4.79 Å². The van der Waals surface area contributed by atoms with Crippen LogP contribution in [0.5, 0.6) is 23.0 Å². The lowest BCUT2D eigenvalue weighted by Crippen LogP contribution is -2.08. The van der Waals surface area contributed by atoms with Crippen LogP contribution in [0.25, 0.3) is 11.1 Å². The number of esters is 1. The second-order valence-corrected chi connectivity index (χ2v) is 7.65. The summed E-state index contributed by atoms with van der Waals surface area (Å²) in [6.45, 7) is 0.522. The highest BCUT2D eigenvalue weighted by Crippen LogP contribution is 2.24. The summed E-state index contributed by atoms with van der Waals surface area (Å²) < 4.78 is 25.6. The zero-order valence-corrected chi connectivity index (χ0v) is 20.9. The summed E-state index contributed by atoms with van der Waals surface area (Å²) in [4.78, 5) is 12.0. The molecule has 0 aliphatic rings. The predicted octanol–water partition coefficient (Wildman–Crippen LogP) is 7.70. The Morgan fingerprint density at radius 2 is 0.895 bits per heavy atom. The number of hydrogen-bond acceptors (Lipinski definition) is 6. The average Bonchev–Trinajstić information content (AvgIpc) is 2.94. The third-order valence-electron chi connectivity index (χ3n) is 5.28. The summed E-state index contributed by atoms with van der Waals surface area (Å²) in [5, 5.41) is 0. The number of methoxy groups -OCH3 is 4. The maximum atomic E-state index is 12.0. The highest BCUT2D eigenvalue weighted by Gasteiger charge is 2.08. The van der Waals surface area contributed by atoms with Crippen molar-refractivity contribution in [2.75, 3.05) is 28.4 Å². The van der Waals surface area contributed by atoms with Gasteiger partial charge < -0.3 is 23.7 Å². The Morgan fingerprint density at radius 1 is 0.526 bits per heavy atom. The third-order valence-corrected chi connectivity index (χ3v) is 5.28. The van der Waals surface area contributed by atoms with Gasteiger partial charge in [-0.25, -0.2) is 4.79 Å². The molecule has 0 amide bonds. The van der Waals surface area contributed by atoms with Crippen molar-refractivity contribution in [3.05, 3.63) is 108 Å². The van der Waals surface area contributed by atoms with E-state index < -0.39 is 0 Å². The summed E-state index contributed by atoms with van der Waals surface area (Å²) >= 11 is 0. The first-order chi connectivity index (χ1) is 17.6. The Balaban J connectivity index is 0.000000368. The molecule has 4 aromatic rings. The molecule has 4 aromatic carbocycles. The van der Waals surface area contributed by atoms with Crippen molar-refractivity contribution < 1.29 is 28.5 Å². The minimum absolute atomic E-state index is 0. The van der Waals surface area contributed by atoms with E-state index in [1.807, 2.05) is 60.7 Å². The number of ether oxygens (including phenoxy) is 5. The van der Waals surface area contributed by atoms with Gasteiger partial charge in [0.25, 0.3) is 0 Å². The van der Waals surface area contributed by atoms with Crippen LogP contribution >= 0.6 is 0 Å². The van der Waals surface area contributed by atoms with Gasteiger partial charge in [-0.3, -0.25) is 0 Å². The molecule has 0 saturated carbocycles. The van der Waals surface area contributed by atoms with Gasteiger partial charge in [-0.2, -0.15) is 0 Å². The van der Waals surface area contributed by atoms with E-state index in [2.05, 4.69) is 0 Å². The molecule has 0 atom stereocenters. The largest absolute Gasteiger partial charge is 0.497 e. The zero-order chi connectivity index (χ0) is 25.8. The van der Waals surface area contributed by atoms with Crippen LogP contribution in [0.1, 0.15) is 30.8 Å². The van der Waals surface area contributed by atoms with E-state index in [0.29, 0.717) is 23.7 Å². The van der Waals surface area contributed by atoms with Gasteiger partial charge >= 0.3 is 5.97 Å². The van der Waals surface area contributed by atoms with Crippen molar-refractivity contribution in [1.82, 2.24) is 0 Å². The van der Waals surface area contributed by atoms with Gasteiger partial charge in [0, 0.05) is 7.11 Å². The standard InChI is InChI=1S/C16H16O4.C14H14O2.2CH4/c1-18-11-12-3-5-13(6-4-12)16(17)20-15-9-7-14(19-2)8-10-15;1-15-13-7-3-11(4-8-13)12-5-9-14(16-2)10-6-12;;/h3-10H,11H2,1-2H3;3-10H,1-2H3;2*1H4. The molecule has 0 N–H and O–H groups in total. The van der Waals surface area contributed by atoms with E-state index >= 15 is 0 Å². The fourth-order valence-corrected chi connectivity index (χ4v) is 3.28. The van der Waals surface area contributed by atoms with Gasteiger partial charge in [0.2, 0.25) is 0 Å². The number of carbonyl (C=O) groups is 1. The molecule has 0 fully saturated rings. The maximum absolute atomic E-state index is 12.0. The summed E-state index contributed by atoms with van der Waals surface area (Å²) in [5.74, 6) is 2.55. The van der Waals surface area contributed by atoms with Crippen molar-refractivity contribution >= 4 is 5.97 Å². The second kappa shape index (κ2) is 16.5. The molecule has 0 heterocycles. The molecule has 6 heteroatoms. The van der Waals surface area contributed by atoms with Gasteiger partial charge in [-0.15, -0.1) is 0 Å². The molecule has 0 radical (unpaired) electrons. The molecule has 6 nitrogen and oxygen atoms in total. The molecule has 38 heavy (non-hydrogen) atoms. The van der Waals surface area contributed by atoms with Crippen LogP contribution in [0.3, 0.4) is 0 Å². The lowest BCUT2D eigenvalue weighted by atomic mass is 10.1. The van der Waals surface area contributed by atoms with Crippen LogP contribution in [0.2, 0.25) is 0 Å². The first-order valence-electron chi connectivity index (χ1n) is 11.3. The summed E-state index contributed by atoms with van der Waals surface area (Å²) in [6.07, 6.45) is 0. The van der Waals surface area contributed by atoms with Crippen LogP contribution in [-0.2, 0) is 11.3 Å². The molecular weight excluding hydrogens is 480 g/mol. The van der Waals surface area contributed by atoms with E-state index in [-0.39, 0.29) is 20.8 Å². The average molecular weight is 519 g/mol. The van der Waals surface area contributed by atoms with Gasteiger partial charge in [-0.05, 0) is 77.4 Å². The van der Waals surface area contributed by atoms with E-state index in [0.717, 1.165) is 17.1 Å². The highest BCUT2D eigenvalue weighted by molar-refractivity contribution is 5.91. The number of rotatable bonds is 8. The maximum Gasteiger partial charge on any atom is 0.343 e. The molecule has 4 rings (SSSR count). The molecule has 0 aromatic heterocycles. The second-order valence-electron chi connectivity index (χ2n) is 7.65. The smallest absolute Gasteiger partial charge is 0.343 e. The van der Waals surface area contributed by atoms with E-state index in [4.69, 9.17) is 23.7 Å². The Labute approximate surface area is 226 Å². The Hall–Kier alpha value is -4.29. The molecular formula is C32H38O6. The summed E-state index contributed by atoms with van der Waals surface area (Å²) in [7, 11) is 6.55. The SMILES string of the molecule is C.C.COCc1ccc(C(=O)Oc2ccc(OC)cc2)cc1.COc1ccc(-c2ccc(OC)cc2)cc1. The molecule has 0 unspecified atom stereocenters. The van der Waals surface area contributed by atoms with Gasteiger partial charge in [0.15, 0.2) is 0 Å². The fraction of sp³-hybridized carbons (Fsp3) is 0.219. The minimum Gasteiger partial charge on any atom is -0.497 e. The Kier molecular flexibility index (Phi) is 13.7. The molecule has 0 spiro atoms. The first kappa shape index (κ1) is 31.7. The van der Waals surface area contributed by atoms with Crippen LogP contribution in [0.4, 0.5) is 0 Å². The van der Waals surface area contributed by atoms with Crippen molar-refractivity contribution in [1.29, 1.82) is 0 Å². The molecule has 202 valence electrons.